The molecule has 4 unspecified atom stereocenters. The zero-order valence-corrected chi connectivity index (χ0v) is 10.8. The SMILES string of the molecule is N#CCSCC(=O)NC1C2CCC(C2)C1C(=O)O. The second-order valence-corrected chi connectivity index (χ2v) is 5.93. The van der Waals surface area contributed by atoms with Gasteiger partial charge in [-0.05, 0) is 31.1 Å². The van der Waals surface area contributed by atoms with Crippen molar-refractivity contribution in [3.05, 3.63) is 0 Å². The van der Waals surface area contributed by atoms with Crippen molar-refractivity contribution in [2.24, 2.45) is 17.8 Å². The minimum Gasteiger partial charge on any atom is -0.481 e. The van der Waals surface area contributed by atoms with Gasteiger partial charge in [-0.1, -0.05) is 0 Å². The standard InChI is InChI=1S/C12H16N2O3S/c13-3-4-18-6-9(15)14-11-8-2-1-7(5-8)10(11)12(16)17/h7-8,10-11H,1-2,4-6H2,(H,14,15)(H,16,17). The topological polar surface area (TPSA) is 90.2 Å². The van der Waals surface area contributed by atoms with E-state index in [2.05, 4.69) is 5.32 Å². The fraction of sp³-hybridized carbons (Fsp3) is 0.750. The highest BCUT2D eigenvalue weighted by atomic mass is 32.2. The molecule has 2 N–H and O–H groups in total. The van der Waals surface area contributed by atoms with Crippen molar-refractivity contribution in [3.63, 3.8) is 0 Å². The van der Waals surface area contributed by atoms with E-state index in [0.717, 1.165) is 19.3 Å². The Morgan fingerprint density at radius 1 is 1.39 bits per heavy atom. The molecule has 0 aliphatic heterocycles. The van der Waals surface area contributed by atoms with Gasteiger partial charge >= 0.3 is 5.97 Å². The molecule has 5 nitrogen and oxygen atoms in total. The quantitative estimate of drug-likeness (QED) is 0.722. The summed E-state index contributed by atoms with van der Waals surface area (Å²) >= 11 is 1.25. The smallest absolute Gasteiger partial charge is 0.308 e. The second kappa shape index (κ2) is 5.61. The maximum Gasteiger partial charge on any atom is 0.308 e. The van der Waals surface area contributed by atoms with Gasteiger partial charge in [0, 0.05) is 6.04 Å². The van der Waals surface area contributed by atoms with Gasteiger partial charge in [-0.25, -0.2) is 0 Å². The Kier molecular flexibility index (Phi) is 4.12. The third-order valence-corrected chi connectivity index (χ3v) is 4.73. The third-order valence-electron chi connectivity index (χ3n) is 3.93. The summed E-state index contributed by atoms with van der Waals surface area (Å²) in [6, 6.07) is 1.75. The molecule has 0 heterocycles. The van der Waals surface area contributed by atoms with Gasteiger partial charge in [0.2, 0.25) is 5.91 Å². The Morgan fingerprint density at radius 2 is 2.11 bits per heavy atom. The molecule has 1 amide bonds. The van der Waals surface area contributed by atoms with Gasteiger partial charge in [0.1, 0.15) is 0 Å². The molecule has 4 atom stereocenters. The lowest BCUT2D eigenvalue weighted by Crippen LogP contribution is -2.47. The Bertz CT molecular complexity index is 393. The van der Waals surface area contributed by atoms with Crippen LogP contribution in [-0.4, -0.2) is 34.5 Å². The number of carbonyl (C=O) groups is 2. The second-order valence-electron chi connectivity index (χ2n) is 4.94. The summed E-state index contributed by atoms with van der Waals surface area (Å²) in [5.74, 6) is -0.309. The highest BCUT2D eigenvalue weighted by molar-refractivity contribution is 8.00. The van der Waals surface area contributed by atoms with Crippen molar-refractivity contribution in [1.82, 2.24) is 5.32 Å². The van der Waals surface area contributed by atoms with Crippen molar-refractivity contribution >= 4 is 23.6 Å². The van der Waals surface area contributed by atoms with E-state index in [1.165, 1.54) is 11.8 Å². The highest BCUT2D eigenvalue weighted by Crippen LogP contribution is 2.48. The Balaban J connectivity index is 1.90. The summed E-state index contributed by atoms with van der Waals surface area (Å²) in [4.78, 5) is 22.9. The number of hydrogen-bond donors (Lipinski definition) is 2. The fourth-order valence-electron chi connectivity index (χ4n) is 3.27. The summed E-state index contributed by atoms with van der Waals surface area (Å²) < 4.78 is 0. The van der Waals surface area contributed by atoms with Crippen LogP contribution in [0.4, 0.5) is 0 Å². The van der Waals surface area contributed by atoms with E-state index in [4.69, 9.17) is 5.26 Å². The molecule has 0 saturated heterocycles. The minimum absolute atomic E-state index is 0.154. The number of carbonyl (C=O) groups excluding carboxylic acids is 1. The molecular weight excluding hydrogens is 252 g/mol. The first-order chi connectivity index (χ1) is 8.63. The molecular formula is C12H16N2O3S. The van der Waals surface area contributed by atoms with Gasteiger partial charge in [0.15, 0.2) is 0 Å². The average Bonchev–Trinajstić information content (AvgIpc) is 2.89. The molecule has 6 heteroatoms. The molecule has 0 aromatic rings. The van der Waals surface area contributed by atoms with Crippen LogP contribution in [0.1, 0.15) is 19.3 Å². The summed E-state index contributed by atoms with van der Waals surface area (Å²) in [5, 5.41) is 20.5. The Labute approximate surface area is 110 Å². The van der Waals surface area contributed by atoms with Crippen LogP contribution >= 0.6 is 11.8 Å². The lowest BCUT2D eigenvalue weighted by atomic mass is 9.84. The summed E-state index contributed by atoms with van der Waals surface area (Å²) in [5.41, 5.74) is 0. The third kappa shape index (κ3) is 2.61. The number of amides is 1. The first-order valence-electron chi connectivity index (χ1n) is 6.10. The maximum atomic E-state index is 11.7. The number of fused-ring (bicyclic) bond motifs is 2. The molecule has 2 aliphatic rings. The van der Waals surface area contributed by atoms with E-state index < -0.39 is 11.9 Å². The minimum atomic E-state index is -0.794. The average molecular weight is 268 g/mol. The fourth-order valence-corrected chi connectivity index (χ4v) is 3.73. The number of aliphatic carboxylic acids is 1. The summed E-state index contributed by atoms with van der Waals surface area (Å²) in [6.45, 7) is 0. The Hall–Kier alpha value is -1.22. The summed E-state index contributed by atoms with van der Waals surface area (Å²) in [7, 11) is 0. The molecule has 2 fully saturated rings. The number of carboxylic acid groups (broad SMARTS) is 1. The van der Waals surface area contributed by atoms with Crippen molar-refractivity contribution < 1.29 is 14.7 Å². The molecule has 2 aliphatic carbocycles. The molecule has 0 aromatic heterocycles. The van der Waals surface area contributed by atoms with Crippen molar-refractivity contribution in [2.45, 2.75) is 25.3 Å². The monoisotopic (exact) mass is 268 g/mol. The molecule has 0 aromatic carbocycles. The van der Waals surface area contributed by atoms with E-state index >= 15 is 0 Å². The van der Waals surface area contributed by atoms with Gasteiger partial charge in [-0.15, -0.1) is 11.8 Å². The first-order valence-corrected chi connectivity index (χ1v) is 7.25. The normalized spacial score (nSPS) is 33.1. The molecule has 2 bridgehead atoms. The highest BCUT2D eigenvalue weighted by Gasteiger charge is 2.51. The van der Waals surface area contributed by atoms with Gasteiger partial charge in [-0.3, -0.25) is 9.59 Å². The maximum absolute atomic E-state index is 11.7. The number of nitrogens with zero attached hydrogens (tertiary/aromatic N) is 1. The van der Waals surface area contributed by atoms with Crippen LogP contribution in [0.3, 0.4) is 0 Å². The molecule has 2 saturated carbocycles. The van der Waals surface area contributed by atoms with Crippen molar-refractivity contribution in [3.8, 4) is 6.07 Å². The van der Waals surface area contributed by atoms with E-state index in [1.54, 1.807) is 0 Å². The number of nitrogens with one attached hydrogen (secondary N) is 1. The Morgan fingerprint density at radius 3 is 2.78 bits per heavy atom. The van der Waals surface area contributed by atoms with Crippen molar-refractivity contribution in [1.29, 1.82) is 5.26 Å². The van der Waals surface area contributed by atoms with Crippen LogP contribution in [0.2, 0.25) is 0 Å². The number of hydrogen-bond acceptors (Lipinski definition) is 4. The van der Waals surface area contributed by atoms with E-state index in [0.29, 0.717) is 5.92 Å². The predicted octanol–water partition coefficient (Wildman–Crippen LogP) is 0.859. The largest absolute Gasteiger partial charge is 0.481 e. The zero-order valence-electron chi connectivity index (χ0n) is 9.96. The van der Waals surface area contributed by atoms with E-state index in [-0.39, 0.29) is 29.4 Å². The van der Waals surface area contributed by atoms with E-state index in [1.807, 2.05) is 6.07 Å². The van der Waals surface area contributed by atoms with Crippen molar-refractivity contribution in [2.75, 3.05) is 11.5 Å². The molecule has 18 heavy (non-hydrogen) atoms. The first kappa shape index (κ1) is 13.2. The molecule has 0 spiro atoms. The number of carboxylic acids is 1. The van der Waals surface area contributed by atoms with Gasteiger partial charge in [0.05, 0.1) is 23.5 Å². The molecule has 2 rings (SSSR count). The van der Waals surface area contributed by atoms with Crippen LogP contribution < -0.4 is 5.32 Å². The van der Waals surface area contributed by atoms with Gasteiger partial charge in [-0.2, -0.15) is 5.26 Å². The van der Waals surface area contributed by atoms with Gasteiger partial charge in [0.25, 0.3) is 0 Å². The van der Waals surface area contributed by atoms with Crippen LogP contribution in [-0.2, 0) is 9.59 Å². The number of rotatable bonds is 5. The predicted molar refractivity (Wildman–Crippen MR) is 66.8 cm³/mol. The summed E-state index contributed by atoms with van der Waals surface area (Å²) in [6.07, 6.45) is 2.91. The molecule has 98 valence electrons. The lowest BCUT2D eigenvalue weighted by Gasteiger charge is -2.28. The number of thioether (sulfide) groups is 1. The van der Waals surface area contributed by atoms with E-state index in [9.17, 15) is 14.7 Å². The number of nitriles is 1. The van der Waals surface area contributed by atoms with Crippen LogP contribution in [0, 0.1) is 29.1 Å². The van der Waals surface area contributed by atoms with Gasteiger partial charge < -0.3 is 10.4 Å². The lowest BCUT2D eigenvalue weighted by molar-refractivity contribution is -0.144. The molecule has 0 radical (unpaired) electrons. The van der Waals surface area contributed by atoms with Crippen LogP contribution in [0.15, 0.2) is 0 Å². The zero-order chi connectivity index (χ0) is 13.1. The van der Waals surface area contributed by atoms with Crippen LogP contribution in [0.5, 0.6) is 0 Å². The van der Waals surface area contributed by atoms with Crippen LogP contribution in [0.25, 0.3) is 0 Å².